The molecular weight excluding hydrogens is 1610 g/mol. The quantitative estimate of drug-likeness (QED) is 0.0153. The Morgan fingerprint density at radius 3 is 0.589 bits per heavy atom. The summed E-state index contributed by atoms with van der Waals surface area (Å²) in [6.07, 6.45) is 9.78. The maximum atomic E-state index is 14.2. The molecule has 706 valence electrons. The van der Waals surface area contributed by atoms with E-state index in [-0.39, 0.29) is 220 Å². The zero-order valence-corrected chi connectivity index (χ0v) is 73.0. The fourth-order valence-electron chi connectivity index (χ4n) is 12.3. The van der Waals surface area contributed by atoms with Gasteiger partial charge in [0, 0.05) is 110 Å². The number of rotatable bonds is 73. The third-order valence-electron chi connectivity index (χ3n) is 18.8. The fraction of sp³-hybridized carbons (Fsp3) is 0.737. The van der Waals surface area contributed by atoms with Crippen LogP contribution in [0.15, 0.2) is 39.9 Å². The lowest BCUT2D eigenvalue weighted by atomic mass is 9.97. The number of aliphatic imine (C=N–C) groups is 8. The average Bonchev–Trinajstić information content (AvgIpc) is 0.898. The van der Waals surface area contributed by atoms with Crippen molar-refractivity contribution in [1.29, 1.82) is 0 Å². The second kappa shape index (κ2) is 69.5. The molecule has 48 heteroatoms. The third kappa shape index (κ3) is 61.3. The van der Waals surface area contributed by atoms with Crippen LogP contribution in [-0.4, -0.2) is 252 Å². The number of guanidine groups is 8. The van der Waals surface area contributed by atoms with E-state index < -0.39 is 101 Å². The summed E-state index contributed by atoms with van der Waals surface area (Å²) >= 11 is 0. The number of ketones is 1. The van der Waals surface area contributed by atoms with Crippen LogP contribution in [0.1, 0.15) is 219 Å². The van der Waals surface area contributed by atoms with Gasteiger partial charge in [-0.15, -0.1) is 0 Å². The molecule has 8 atom stereocenters. The summed E-state index contributed by atoms with van der Waals surface area (Å²) in [5.41, 5.74) is 88.2. The molecule has 48 nitrogen and oxygen atoms in total. The van der Waals surface area contributed by atoms with Gasteiger partial charge in [-0.25, -0.2) is 0 Å². The monoisotopic (exact) mass is 1760 g/mol. The van der Waals surface area contributed by atoms with Crippen molar-refractivity contribution in [1.82, 2.24) is 63.8 Å². The Bertz CT molecular complexity index is 3430. The Morgan fingerprint density at radius 2 is 0.395 bits per heavy atom. The number of nitrogens with one attached hydrogen (secondary N) is 12. The molecule has 11 amide bonds. The number of amides is 11. The van der Waals surface area contributed by atoms with Gasteiger partial charge in [-0.3, -0.25) is 97.5 Å². The van der Waals surface area contributed by atoms with Gasteiger partial charge in [-0.2, -0.15) is 0 Å². The van der Waals surface area contributed by atoms with Crippen molar-refractivity contribution < 1.29 is 57.5 Å². The van der Waals surface area contributed by atoms with Crippen molar-refractivity contribution >= 4 is 118 Å². The van der Waals surface area contributed by atoms with Crippen LogP contribution in [-0.2, 0) is 57.5 Å². The van der Waals surface area contributed by atoms with E-state index in [2.05, 4.69) is 104 Å². The van der Waals surface area contributed by atoms with E-state index in [1.165, 1.54) is 0 Å². The summed E-state index contributed by atoms with van der Waals surface area (Å²) in [4.78, 5) is 195. The molecule has 0 aliphatic carbocycles. The Kier molecular flexibility index (Phi) is 62.7. The van der Waals surface area contributed by atoms with Crippen molar-refractivity contribution in [2.75, 3.05) is 85.6 Å². The number of carbonyl (C=O) groups excluding carboxylic acids is 12. The molecular formula is C76H150N36O12. The summed E-state index contributed by atoms with van der Waals surface area (Å²) in [5, 5.41) is 33.9. The van der Waals surface area contributed by atoms with Gasteiger partial charge in [-0.1, -0.05) is 39.5 Å². The highest BCUT2D eigenvalue weighted by molar-refractivity contribution is 5.95. The van der Waals surface area contributed by atoms with E-state index in [0.29, 0.717) is 135 Å². The molecule has 0 spiro atoms. The van der Waals surface area contributed by atoms with Crippen LogP contribution in [0.4, 0.5) is 0 Å². The van der Waals surface area contributed by atoms with Gasteiger partial charge in [0.2, 0.25) is 65.0 Å². The van der Waals surface area contributed by atoms with Gasteiger partial charge in [0.15, 0.2) is 53.5 Å². The van der Waals surface area contributed by atoms with Gasteiger partial charge in [0.05, 0.1) is 12.1 Å². The first-order valence-electron chi connectivity index (χ1n) is 42.8. The van der Waals surface area contributed by atoms with Crippen LogP contribution in [0.2, 0.25) is 0 Å². The van der Waals surface area contributed by atoms with Crippen molar-refractivity contribution in [2.45, 2.75) is 268 Å². The summed E-state index contributed by atoms with van der Waals surface area (Å²) < 4.78 is 0. The number of hydrogen-bond acceptors (Lipinski definition) is 21. The molecule has 124 heavy (non-hydrogen) atoms. The number of nitrogens with zero attached hydrogens (tertiary/aromatic N) is 8. The van der Waals surface area contributed by atoms with Crippen LogP contribution < -0.4 is 156 Å². The lowest BCUT2D eigenvalue weighted by Crippen LogP contribution is -2.54. The zero-order chi connectivity index (χ0) is 93.0. The van der Waals surface area contributed by atoms with E-state index >= 15 is 0 Å². The molecule has 0 saturated carbocycles. The Hall–Kier alpha value is -12.0. The standard InChI is InChI=1S/C76H150N36O12/c1-48(2)61(117)49(24-16-40-98-69(77)78)106-57(113)32-8-4-13-37-95-63(119)51(26-18-42-100-71(81)82)110-67(123)55(30-22-46-104-75(89)90)108-59(115)34-10-6-15-39-97-65(121)53(28-20-44-102-73(85)86)112-68(124)56(31-23-47-105-76(91)92)109-60(116)35-11-7-14-38-96-64(120)52(27-19-43-101-72(83)84)111-66(122)54(29-21-45-103-74(87)88)107-58(114)33-9-5-12-36-94-62(118)50(93-3)25-17-41-99-70(79)80/h48-56,93H,4-47H2,1-3H3,(H,94,118)(H,95,119)(H,96,120)(H,97,121)(H,106,113)(H,107,114)(H,108,115)(H,109,116)(H,110,123)(H,111,122)(H,112,124)(H4,77,78,98)(H4,79,80,99)(H4,81,82,100)(H4,83,84,101)(H4,85,86,102)(H4,87,88,103)(H4,89,90,104)(H4,91,92,105). The van der Waals surface area contributed by atoms with E-state index in [4.69, 9.17) is 91.7 Å². The van der Waals surface area contributed by atoms with Crippen molar-refractivity contribution in [3.8, 4) is 0 Å². The first-order chi connectivity index (χ1) is 58.9. The molecule has 0 fully saturated rings. The minimum Gasteiger partial charge on any atom is -0.370 e. The van der Waals surface area contributed by atoms with Gasteiger partial charge in [-0.05, 0) is 161 Å². The highest BCUT2D eigenvalue weighted by atomic mass is 16.2. The van der Waals surface area contributed by atoms with Gasteiger partial charge >= 0.3 is 0 Å². The molecule has 0 aliphatic heterocycles. The molecule has 0 aliphatic rings. The summed E-state index contributed by atoms with van der Waals surface area (Å²) in [7, 11) is 1.68. The topological polar surface area (TPSA) is 864 Å². The second-order valence-electron chi connectivity index (χ2n) is 30.1. The van der Waals surface area contributed by atoms with Crippen LogP contribution in [0.25, 0.3) is 0 Å². The van der Waals surface area contributed by atoms with E-state index in [1.807, 2.05) is 0 Å². The molecule has 0 heterocycles. The smallest absolute Gasteiger partial charge is 0.243 e. The minimum absolute atomic E-state index is 0.0221. The van der Waals surface area contributed by atoms with Crippen molar-refractivity contribution in [2.24, 2.45) is 138 Å². The van der Waals surface area contributed by atoms with E-state index in [1.54, 1.807) is 20.9 Å². The predicted molar refractivity (Wildman–Crippen MR) is 481 cm³/mol. The largest absolute Gasteiger partial charge is 0.370 e. The van der Waals surface area contributed by atoms with Gasteiger partial charge < -0.3 is 156 Å². The normalized spacial score (nSPS) is 12.7. The highest BCUT2D eigenvalue weighted by Crippen LogP contribution is 2.14. The Morgan fingerprint density at radius 1 is 0.218 bits per heavy atom. The number of unbranched alkanes of at least 4 members (excludes halogenated alkanes) is 8. The molecule has 0 aromatic carbocycles. The highest BCUT2D eigenvalue weighted by Gasteiger charge is 2.31. The third-order valence-corrected chi connectivity index (χ3v) is 18.8. The second-order valence-corrected chi connectivity index (χ2v) is 30.1. The molecule has 44 N–H and O–H groups in total. The van der Waals surface area contributed by atoms with E-state index in [0.717, 1.165) is 0 Å². The van der Waals surface area contributed by atoms with Crippen LogP contribution in [0.3, 0.4) is 0 Å². The van der Waals surface area contributed by atoms with Gasteiger partial charge in [0.1, 0.15) is 36.3 Å². The molecule has 0 bridgehead atoms. The molecule has 0 aromatic heterocycles. The van der Waals surface area contributed by atoms with E-state index in [9.17, 15) is 57.5 Å². The fourth-order valence-corrected chi connectivity index (χ4v) is 12.3. The lowest BCUT2D eigenvalue weighted by Gasteiger charge is -2.23. The number of likely N-dealkylation sites (N-methyl/N-ethyl adjacent to an activating group) is 1. The molecule has 0 saturated heterocycles. The zero-order valence-electron chi connectivity index (χ0n) is 73.0. The van der Waals surface area contributed by atoms with Crippen LogP contribution >= 0.6 is 0 Å². The Labute approximate surface area is 727 Å². The molecule has 0 aromatic rings. The average molecular weight is 1760 g/mol. The minimum atomic E-state index is -1.15. The van der Waals surface area contributed by atoms with Crippen LogP contribution in [0, 0.1) is 5.92 Å². The maximum Gasteiger partial charge on any atom is 0.243 e. The first-order valence-corrected chi connectivity index (χ1v) is 42.8. The number of carbonyl (C=O) groups is 12. The number of hydrogen-bond donors (Lipinski definition) is 28. The molecule has 0 radical (unpaired) electrons. The summed E-state index contributed by atoms with van der Waals surface area (Å²) in [6, 6.07) is -7.77. The van der Waals surface area contributed by atoms with Gasteiger partial charge in [0.25, 0.3) is 0 Å². The maximum absolute atomic E-state index is 14.2. The summed E-state index contributed by atoms with van der Waals surface area (Å²) in [5.74, 6) is -6.90. The molecule has 8 unspecified atom stereocenters. The number of nitrogens with two attached hydrogens (primary N) is 16. The number of Topliss-reactive ketones (excluding diaryl/α,β-unsaturated/α-hetero) is 1. The predicted octanol–water partition coefficient (Wildman–Crippen LogP) is -7.67. The van der Waals surface area contributed by atoms with Crippen molar-refractivity contribution in [3.05, 3.63) is 0 Å². The lowest BCUT2D eigenvalue weighted by molar-refractivity contribution is -0.132. The SMILES string of the molecule is CNC(CCCN=C(N)N)C(=O)NCCCCCC(=O)NC(CCCN=C(N)N)C(=O)NC(CCCN=C(N)N)C(=O)NCCCCCC(=O)NC(CCCN=C(N)N)C(=O)NC(CCCN=C(N)N)C(=O)NCCCCCC(=O)NC(CCCN=C(N)N)C(=O)NC(CCCN=C(N)N)C(=O)NCCCCCC(=O)NC(CCCN=C(N)N)C(=O)C(C)C. The molecule has 0 rings (SSSR count). The first kappa shape index (κ1) is 112. The van der Waals surface area contributed by atoms with Crippen LogP contribution in [0.5, 0.6) is 0 Å². The van der Waals surface area contributed by atoms with Crippen molar-refractivity contribution in [3.63, 3.8) is 0 Å². The summed E-state index contributed by atoms with van der Waals surface area (Å²) in [6.45, 7) is 5.88. The Balaban J connectivity index is 6.05.